The minimum absolute atomic E-state index is 0.0401. The van der Waals surface area contributed by atoms with E-state index < -0.39 is 0 Å². The van der Waals surface area contributed by atoms with Crippen LogP contribution in [0.3, 0.4) is 0 Å². The second kappa shape index (κ2) is 8.35. The number of rotatable bonds is 7. The number of carbonyl (C=O) groups is 1. The van der Waals surface area contributed by atoms with Crippen molar-refractivity contribution >= 4 is 5.97 Å². The highest BCUT2D eigenvalue weighted by molar-refractivity contribution is 5.72. The first-order valence-electron chi connectivity index (χ1n) is 7.65. The molecule has 0 radical (unpaired) electrons. The van der Waals surface area contributed by atoms with E-state index in [1.807, 2.05) is 55.5 Å². The molecule has 0 aliphatic heterocycles. The number of hydrogen-bond acceptors (Lipinski definition) is 3. The summed E-state index contributed by atoms with van der Waals surface area (Å²) in [5.41, 5.74) is 8.34. The standard InChI is InChI=1S/C19H23NO2/c1-15(12-18(20)13-16-8-4-2-5-9-16)19(21)22-14-17-10-6-3-7-11-17/h2-11,15,18H,12-14,20H2,1H3/t15-,18+/m0/s1. The van der Waals surface area contributed by atoms with Gasteiger partial charge in [-0.15, -0.1) is 0 Å². The first-order valence-corrected chi connectivity index (χ1v) is 7.65. The minimum Gasteiger partial charge on any atom is -0.461 e. The molecule has 0 saturated heterocycles. The number of ether oxygens (including phenoxy) is 1. The van der Waals surface area contributed by atoms with Crippen LogP contribution in [-0.2, 0) is 22.6 Å². The first kappa shape index (κ1) is 16.2. The highest BCUT2D eigenvalue weighted by atomic mass is 16.5. The third-order valence-corrected chi connectivity index (χ3v) is 3.62. The third-order valence-electron chi connectivity index (χ3n) is 3.62. The lowest BCUT2D eigenvalue weighted by Gasteiger charge is -2.16. The zero-order valence-electron chi connectivity index (χ0n) is 12.9. The molecule has 2 rings (SSSR count). The summed E-state index contributed by atoms with van der Waals surface area (Å²) < 4.78 is 5.35. The highest BCUT2D eigenvalue weighted by Gasteiger charge is 2.18. The van der Waals surface area contributed by atoms with E-state index in [9.17, 15) is 4.79 Å². The molecule has 0 fully saturated rings. The molecule has 2 atom stereocenters. The van der Waals surface area contributed by atoms with Crippen LogP contribution in [0.25, 0.3) is 0 Å². The van der Waals surface area contributed by atoms with Crippen molar-refractivity contribution in [1.82, 2.24) is 0 Å². The largest absolute Gasteiger partial charge is 0.461 e. The van der Waals surface area contributed by atoms with Crippen LogP contribution in [0, 0.1) is 5.92 Å². The minimum atomic E-state index is -0.192. The maximum Gasteiger partial charge on any atom is 0.309 e. The fourth-order valence-corrected chi connectivity index (χ4v) is 2.42. The first-order chi connectivity index (χ1) is 10.6. The van der Waals surface area contributed by atoms with Crippen molar-refractivity contribution in [3.8, 4) is 0 Å². The van der Waals surface area contributed by atoms with Gasteiger partial charge in [-0.1, -0.05) is 67.6 Å². The molecule has 2 aromatic rings. The monoisotopic (exact) mass is 297 g/mol. The van der Waals surface area contributed by atoms with Crippen molar-refractivity contribution in [3.05, 3.63) is 71.8 Å². The Morgan fingerprint density at radius 3 is 2.14 bits per heavy atom. The number of nitrogens with two attached hydrogens (primary N) is 1. The van der Waals surface area contributed by atoms with E-state index in [0.717, 1.165) is 12.0 Å². The van der Waals surface area contributed by atoms with Gasteiger partial charge in [-0.3, -0.25) is 4.79 Å². The smallest absolute Gasteiger partial charge is 0.309 e. The van der Waals surface area contributed by atoms with Gasteiger partial charge in [0.15, 0.2) is 0 Å². The normalized spacial score (nSPS) is 13.4. The van der Waals surface area contributed by atoms with Gasteiger partial charge in [-0.05, 0) is 24.0 Å². The van der Waals surface area contributed by atoms with E-state index in [1.54, 1.807) is 0 Å². The Morgan fingerprint density at radius 1 is 1.00 bits per heavy atom. The van der Waals surface area contributed by atoms with E-state index in [2.05, 4.69) is 12.1 Å². The van der Waals surface area contributed by atoms with Gasteiger partial charge in [0.05, 0.1) is 5.92 Å². The quantitative estimate of drug-likeness (QED) is 0.798. The zero-order chi connectivity index (χ0) is 15.8. The topological polar surface area (TPSA) is 52.3 Å². The van der Waals surface area contributed by atoms with Crippen LogP contribution in [-0.4, -0.2) is 12.0 Å². The van der Waals surface area contributed by atoms with Gasteiger partial charge in [0.25, 0.3) is 0 Å². The van der Waals surface area contributed by atoms with Gasteiger partial charge < -0.3 is 10.5 Å². The van der Waals surface area contributed by atoms with Crippen molar-refractivity contribution in [2.75, 3.05) is 0 Å². The number of hydrogen-bond donors (Lipinski definition) is 1. The molecule has 0 aliphatic carbocycles. The van der Waals surface area contributed by atoms with Gasteiger partial charge in [-0.2, -0.15) is 0 Å². The molecule has 2 aromatic carbocycles. The third kappa shape index (κ3) is 5.34. The van der Waals surface area contributed by atoms with E-state index >= 15 is 0 Å². The second-order valence-corrected chi connectivity index (χ2v) is 5.68. The summed E-state index contributed by atoms with van der Waals surface area (Å²) >= 11 is 0. The van der Waals surface area contributed by atoms with Crippen LogP contribution in [0.5, 0.6) is 0 Å². The van der Waals surface area contributed by atoms with Crippen molar-refractivity contribution in [2.24, 2.45) is 11.7 Å². The summed E-state index contributed by atoms with van der Waals surface area (Å²) in [6.45, 7) is 2.19. The summed E-state index contributed by atoms with van der Waals surface area (Å²) in [7, 11) is 0. The Balaban J connectivity index is 1.76. The molecule has 3 nitrogen and oxygen atoms in total. The summed E-state index contributed by atoms with van der Waals surface area (Å²) in [4.78, 5) is 12.0. The molecule has 0 bridgehead atoms. The van der Waals surface area contributed by atoms with Crippen molar-refractivity contribution < 1.29 is 9.53 Å². The maximum absolute atomic E-state index is 12.0. The van der Waals surface area contributed by atoms with E-state index in [-0.39, 0.29) is 17.9 Å². The molecule has 0 heterocycles. The van der Waals surface area contributed by atoms with Gasteiger partial charge in [0.1, 0.15) is 6.61 Å². The maximum atomic E-state index is 12.0. The SMILES string of the molecule is C[C@@H](C[C@@H](N)Cc1ccccc1)C(=O)OCc1ccccc1. The zero-order valence-corrected chi connectivity index (χ0v) is 12.9. The molecule has 0 spiro atoms. The van der Waals surface area contributed by atoms with Crippen LogP contribution in [0.4, 0.5) is 0 Å². The van der Waals surface area contributed by atoms with Crippen LogP contribution in [0.15, 0.2) is 60.7 Å². The van der Waals surface area contributed by atoms with Crippen molar-refractivity contribution in [3.63, 3.8) is 0 Å². The Labute approximate surface area is 132 Å². The summed E-state index contributed by atoms with van der Waals surface area (Å²) in [6, 6.07) is 19.7. The Kier molecular flexibility index (Phi) is 6.16. The molecule has 0 aromatic heterocycles. The molecule has 0 saturated carbocycles. The molecular weight excluding hydrogens is 274 g/mol. The van der Waals surface area contributed by atoms with Gasteiger partial charge in [-0.25, -0.2) is 0 Å². The fourth-order valence-electron chi connectivity index (χ4n) is 2.42. The molecule has 3 heteroatoms. The molecule has 0 aliphatic rings. The number of carbonyl (C=O) groups excluding carboxylic acids is 1. The fraction of sp³-hybridized carbons (Fsp3) is 0.316. The lowest BCUT2D eigenvalue weighted by molar-refractivity contribution is -0.149. The van der Waals surface area contributed by atoms with Crippen LogP contribution in [0.2, 0.25) is 0 Å². The van der Waals surface area contributed by atoms with Crippen LogP contribution >= 0.6 is 0 Å². The number of esters is 1. The highest BCUT2D eigenvalue weighted by Crippen LogP contribution is 2.12. The molecule has 0 amide bonds. The van der Waals surface area contributed by atoms with Crippen LogP contribution in [0.1, 0.15) is 24.5 Å². The van der Waals surface area contributed by atoms with E-state index in [0.29, 0.717) is 13.0 Å². The van der Waals surface area contributed by atoms with Crippen LogP contribution < -0.4 is 5.73 Å². The van der Waals surface area contributed by atoms with E-state index in [4.69, 9.17) is 10.5 Å². The Morgan fingerprint density at radius 2 is 1.55 bits per heavy atom. The summed E-state index contributed by atoms with van der Waals surface area (Å²) in [5, 5.41) is 0. The van der Waals surface area contributed by atoms with Gasteiger partial charge in [0, 0.05) is 6.04 Å². The number of benzene rings is 2. The molecular formula is C19H23NO2. The van der Waals surface area contributed by atoms with E-state index in [1.165, 1.54) is 5.56 Å². The summed E-state index contributed by atoms with van der Waals surface area (Å²) in [6.07, 6.45) is 1.40. The molecule has 2 N–H and O–H groups in total. The summed E-state index contributed by atoms with van der Waals surface area (Å²) in [5.74, 6) is -0.380. The average Bonchev–Trinajstić information content (AvgIpc) is 2.54. The molecule has 22 heavy (non-hydrogen) atoms. The molecule has 0 unspecified atom stereocenters. The predicted octanol–water partition coefficient (Wildman–Crippen LogP) is 3.33. The van der Waals surface area contributed by atoms with Crippen molar-refractivity contribution in [1.29, 1.82) is 0 Å². The lowest BCUT2D eigenvalue weighted by Crippen LogP contribution is -2.28. The molecule has 116 valence electrons. The van der Waals surface area contributed by atoms with Gasteiger partial charge in [0.2, 0.25) is 0 Å². The Hall–Kier alpha value is -2.13. The van der Waals surface area contributed by atoms with Gasteiger partial charge >= 0.3 is 5.97 Å². The Bertz CT molecular complexity index is 569. The van der Waals surface area contributed by atoms with Crippen molar-refractivity contribution in [2.45, 2.75) is 32.4 Å². The predicted molar refractivity (Wildman–Crippen MR) is 88.1 cm³/mol. The average molecular weight is 297 g/mol. The lowest BCUT2D eigenvalue weighted by atomic mass is 9.97. The second-order valence-electron chi connectivity index (χ2n) is 5.68.